The predicted octanol–water partition coefficient (Wildman–Crippen LogP) is 6.18. The molecule has 7 nitrogen and oxygen atoms in total. The van der Waals surface area contributed by atoms with Gasteiger partial charge in [0.05, 0.1) is 24.0 Å². The van der Waals surface area contributed by atoms with Crippen LogP contribution >= 0.6 is 23.4 Å². The van der Waals surface area contributed by atoms with E-state index in [1.165, 1.54) is 19.2 Å². The van der Waals surface area contributed by atoms with Crippen molar-refractivity contribution in [3.8, 4) is 17.2 Å². The van der Waals surface area contributed by atoms with Crippen LogP contribution in [0.1, 0.15) is 30.7 Å². The topological polar surface area (TPSA) is 101 Å². The summed E-state index contributed by atoms with van der Waals surface area (Å²) >= 11 is 7.38. The van der Waals surface area contributed by atoms with Crippen LogP contribution in [0.5, 0.6) is 11.5 Å². The predicted molar refractivity (Wildman–Crippen MR) is 151 cm³/mol. The maximum absolute atomic E-state index is 14.9. The third kappa shape index (κ3) is 6.15. The molecule has 0 saturated carbocycles. The normalized spacial score (nSPS) is 12.0. The molecule has 4 aromatic rings. The van der Waals surface area contributed by atoms with Crippen molar-refractivity contribution >= 4 is 29.2 Å². The molecule has 0 unspecified atom stereocenters. The second-order valence-electron chi connectivity index (χ2n) is 9.28. The number of amidine groups is 1. The lowest BCUT2D eigenvalue weighted by molar-refractivity contribution is 0.368. The van der Waals surface area contributed by atoms with Crippen LogP contribution < -0.4 is 21.1 Å². The highest BCUT2D eigenvalue weighted by Crippen LogP contribution is 2.39. The van der Waals surface area contributed by atoms with Crippen LogP contribution in [0, 0.1) is 17.5 Å². The lowest BCUT2D eigenvalue weighted by atomic mass is 9.81. The number of hydrazone groups is 1. The van der Waals surface area contributed by atoms with E-state index in [0.717, 1.165) is 35.2 Å². The van der Waals surface area contributed by atoms with Crippen LogP contribution in [-0.2, 0) is 11.2 Å². The van der Waals surface area contributed by atoms with E-state index in [1.54, 1.807) is 24.4 Å². The van der Waals surface area contributed by atoms with Crippen molar-refractivity contribution in [3.05, 3.63) is 100 Å². The Morgan fingerprint density at radius 1 is 1.07 bits per heavy atom. The number of hydrogen-bond donors (Lipinski definition) is 2. The minimum Gasteiger partial charge on any atom is -0.495 e. The minimum absolute atomic E-state index is 0.0242. The molecule has 1 heterocycles. The van der Waals surface area contributed by atoms with Gasteiger partial charge in [0.15, 0.2) is 11.0 Å². The molecule has 0 spiro atoms. The number of methoxy groups -OCH3 is 1. The van der Waals surface area contributed by atoms with E-state index in [2.05, 4.69) is 10.1 Å². The molecule has 3 aromatic carbocycles. The van der Waals surface area contributed by atoms with Gasteiger partial charge in [-0.25, -0.2) is 18.2 Å². The molecule has 0 aliphatic heterocycles. The molecule has 4 rings (SSSR count). The van der Waals surface area contributed by atoms with Crippen molar-refractivity contribution in [1.29, 1.82) is 0 Å². The largest absolute Gasteiger partial charge is 0.495 e. The van der Waals surface area contributed by atoms with E-state index in [9.17, 15) is 13.2 Å². The molecule has 12 heteroatoms. The van der Waals surface area contributed by atoms with Crippen molar-refractivity contribution in [3.63, 3.8) is 0 Å². The highest BCUT2D eigenvalue weighted by atomic mass is 35.5. The van der Waals surface area contributed by atoms with Crippen molar-refractivity contribution in [2.45, 2.75) is 30.2 Å². The molecule has 1 aromatic heterocycles. The smallest absolute Gasteiger partial charge is 0.173 e. The van der Waals surface area contributed by atoms with Crippen molar-refractivity contribution in [2.24, 2.45) is 16.7 Å². The van der Waals surface area contributed by atoms with Gasteiger partial charge in [0.1, 0.15) is 35.6 Å². The summed E-state index contributed by atoms with van der Waals surface area (Å²) in [5.74, 6) is 3.44. The third-order valence-corrected chi connectivity index (χ3v) is 7.63. The Morgan fingerprint density at radius 3 is 2.38 bits per heavy atom. The molecule has 0 radical (unpaired) electrons. The van der Waals surface area contributed by atoms with Crippen LogP contribution in [0.3, 0.4) is 0 Å². The number of hydrogen-bond acceptors (Lipinski definition) is 6. The van der Waals surface area contributed by atoms with Crippen LogP contribution in [0.15, 0.2) is 71.1 Å². The molecule has 0 fully saturated rings. The summed E-state index contributed by atoms with van der Waals surface area (Å²) in [5.41, 5.74) is 6.97. The maximum Gasteiger partial charge on any atom is 0.173 e. The fourth-order valence-corrected chi connectivity index (χ4v) is 5.25. The Balaban J connectivity index is 1.70. The quantitative estimate of drug-likeness (QED) is 0.0753. The number of thioether (sulfide) groups is 1. The lowest BCUT2D eigenvalue weighted by Crippen LogP contribution is -2.23. The molecule has 0 atom stereocenters. The zero-order valence-electron chi connectivity index (χ0n) is 21.9. The Hall–Kier alpha value is -3.83. The van der Waals surface area contributed by atoms with Gasteiger partial charge < -0.3 is 21.1 Å². The van der Waals surface area contributed by atoms with Gasteiger partial charge >= 0.3 is 0 Å². The van der Waals surface area contributed by atoms with Gasteiger partial charge in [0, 0.05) is 34.6 Å². The molecule has 0 aliphatic rings. The number of benzene rings is 3. The number of ether oxygens (including phenoxy) is 2. The number of nitrogens with zero attached hydrogens (tertiary/aromatic N) is 3. The number of imidazole rings is 1. The third-order valence-electron chi connectivity index (χ3n) is 6.34. The van der Waals surface area contributed by atoms with Gasteiger partial charge in [-0.3, -0.25) is 4.57 Å². The Bertz CT molecular complexity index is 1520. The van der Waals surface area contributed by atoms with E-state index in [-0.39, 0.29) is 29.5 Å². The number of halogens is 4. The highest BCUT2D eigenvalue weighted by Gasteiger charge is 2.30. The van der Waals surface area contributed by atoms with Crippen LogP contribution in [0.25, 0.3) is 5.69 Å². The summed E-state index contributed by atoms with van der Waals surface area (Å²) in [4.78, 5) is 4.58. The Labute approximate surface area is 238 Å². The number of aromatic nitrogens is 2. The van der Waals surface area contributed by atoms with Gasteiger partial charge in [-0.05, 0) is 42.0 Å². The Morgan fingerprint density at radius 2 is 1.75 bits per heavy atom. The van der Waals surface area contributed by atoms with E-state index in [0.29, 0.717) is 21.6 Å². The second kappa shape index (κ2) is 12.1. The average Bonchev–Trinajstić information content (AvgIpc) is 3.36. The van der Waals surface area contributed by atoms with Crippen LogP contribution in [-0.4, -0.2) is 29.1 Å². The summed E-state index contributed by atoms with van der Waals surface area (Å²) in [6, 6.07) is 13.5. The minimum atomic E-state index is -0.792. The summed E-state index contributed by atoms with van der Waals surface area (Å²) in [7, 11) is 1.54. The van der Waals surface area contributed by atoms with Crippen LogP contribution in [0.2, 0.25) is 5.02 Å². The first kappa shape index (κ1) is 29.2. The summed E-state index contributed by atoms with van der Waals surface area (Å²) in [6.45, 7) is 3.79. The van der Waals surface area contributed by atoms with E-state index in [1.807, 2.05) is 30.5 Å². The first-order chi connectivity index (χ1) is 19.0. The number of rotatable bonds is 10. The van der Waals surface area contributed by atoms with Crippen molar-refractivity contribution in [2.75, 3.05) is 13.7 Å². The molecule has 210 valence electrons. The van der Waals surface area contributed by atoms with E-state index in [4.69, 9.17) is 32.7 Å². The number of nitrogens with two attached hydrogens (primary N) is 2. The SMILES string of the molecule is COc1cc(C(C)(C)c2cnc(SCc3c(F)cc(OC/C(N)=N/N)cc3F)n2-c2ccc(F)cc2)ccc1Cl. The molecular weight excluding hydrogens is 563 g/mol. The van der Waals surface area contributed by atoms with Gasteiger partial charge in [0.2, 0.25) is 0 Å². The molecule has 4 N–H and O–H groups in total. The highest BCUT2D eigenvalue weighted by molar-refractivity contribution is 7.98. The fourth-order valence-electron chi connectivity index (χ4n) is 4.05. The first-order valence-electron chi connectivity index (χ1n) is 12.0. The molecule has 0 saturated heterocycles. The van der Waals surface area contributed by atoms with Crippen LogP contribution in [0.4, 0.5) is 13.2 Å². The maximum atomic E-state index is 14.9. The molecule has 0 bridgehead atoms. The van der Waals surface area contributed by atoms with Gasteiger partial charge in [-0.2, -0.15) is 5.10 Å². The fraction of sp³-hybridized carbons (Fsp3) is 0.214. The monoisotopic (exact) mass is 589 g/mol. The van der Waals surface area contributed by atoms with E-state index < -0.39 is 22.9 Å². The molecule has 40 heavy (non-hydrogen) atoms. The second-order valence-corrected chi connectivity index (χ2v) is 10.6. The zero-order chi connectivity index (χ0) is 29.0. The zero-order valence-corrected chi connectivity index (χ0v) is 23.5. The summed E-state index contributed by atoms with van der Waals surface area (Å²) in [6.07, 6.45) is 1.69. The Kier molecular flexibility index (Phi) is 8.85. The molecular formula is C28H27ClF3N5O2S. The standard InChI is InChI=1S/C28H27ClF3N5O2S/c1-28(2,16-4-9-21(29)24(10-16)38-3)25-13-35-27(37(25)18-7-5-17(30)6-8-18)40-15-20-22(31)11-19(12-23(20)32)39-14-26(33)36-34/h4-13H,14-15,34H2,1-3H3,(H2,33,36). The van der Waals surface area contributed by atoms with Gasteiger partial charge in [-0.15, -0.1) is 0 Å². The molecule has 0 aliphatic carbocycles. The van der Waals surface area contributed by atoms with Crippen molar-refractivity contribution in [1.82, 2.24) is 9.55 Å². The lowest BCUT2D eigenvalue weighted by Gasteiger charge is -2.28. The van der Waals surface area contributed by atoms with Gasteiger partial charge in [0.25, 0.3) is 0 Å². The first-order valence-corrected chi connectivity index (χ1v) is 13.4. The summed E-state index contributed by atoms with van der Waals surface area (Å²) < 4.78 is 56.1. The molecule has 0 amide bonds. The van der Waals surface area contributed by atoms with Gasteiger partial charge in [-0.1, -0.05) is 43.3 Å². The average molecular weight is 590 g/mol. The van der Waals surface area contributed by atoms with Crippen molar-refractivity contribution < 1.29 is 22.6 Å². The van der Waals surface area contributed by atoms with E-state index >= 15 is 0 Å². The summed E-state index contributed by atoms with van der Waals surface area (Å²) in [5, 5.41) is 4.19.